The van der Waals surface area contributed by atoms with Crippen molar-refractivity contribution in [2.24, 2.45) is 5.92 Å². The van der Waals surface area contributed by atoms with Crippen LogP contribution in [0.5, 0.6) is 0 Å². The van der Waals surface area contributed by atoms with Crippen LogP contribution in [0.15, 0.2) is 30.4 Å². The third kappa shape index (κ3) is 3.52. The molecule has 0 N–H and O–H groups in total. The maximum absolute atomic E-state index is 12.3. The van der Waals surface area contributed by atoms with Crippen molar-refractivity contribution < 1.29 is 4.79 Å². The highest BCUT2D eigenvalue weighted by atomic mass is 35.5. The molecule has 1 amide bonds. The lowest BCUT2D eigenvalue weighted by Gasteiger charge is -2.25. The van der Waals surface area contributed by atoms with E-state index in [4.69, 9.17) is 23.2 Å². The Morgan fingerprint density at radius 3 is 2.84 bits per heavy atom. The standard InChI is InChI=1S/C15H17Cl2NO/c1-18(15(19)11-6-3-2-4-7-11)10-12-8-5-9-13(16)14(12)17/h2-3,5,8-9,11H,4,6-7,10H2,1H3/t11-/m1/s1. The number of carbonyl (C=O) groups is 1. The van der Waals surface area contributed by atoms with Gasteiger partial charge < -0.3 is 4.90 Å². The van der Waals surface area contributed by atoms with Crippen LogP contribution in [0.4, 0.5) is 0 Å². The Balaban J connectivity index is 2.04. The fraction of sp³-hybridized carbons (Fsp3) is 0.400. The first-order valence-electron chi connectivity index (χ1n) is 6.42. The molecule has 2 rings (SSSR count). The normalized spacial score (nSPS) is 18.4. The second kappa shape index (κ2) is 6.44. The van der Waals surface area contributed by atoms with Crippen molar-refractivity contribution in [3.63, 3.8) is 0 Å². The third-order valence-corrected chi connectivity index (χ3v) is 4.29. The molecule has 19 heavy (non-hydrogen) atoms. The van der Waals surface area contributed by atoms with Gasteiger partial charge in [0.25, 0.3) is 0 Å². The molecule has 0 fully saturated rings. The SMILES string of the molecule is CN(Cc1cccc(Cl)c1Cl)C(=O)[C@@H]1CC=CCC1. The van der Waals surface area contributed by atoms with E-state index in [1.165, 1.54) is 0 Å². The van der Waals surface area contributed by atoms with E-state index in [1.807, 2.05) is 19.2 Å². The zero-order valence-electron chi connectivity index (χ0n) is 10.9. The summed E-state index contributed by atoms with van der Waals surface area (Å²) in [6.07, 6.45) is 6.99. The van der Waals surface area contributed by atoms with Gasteiger partial charge in [-0.1, -0.05) is 47.5 Å². The molecule has 1 aromatic carbocycles. The number of amides is 1. The molecule has 0 aliphatic heterocycles. The Morgan fingerprint density at radius 2 is 2.16 bits per heavy atom. The zero-order valence-corrected chi connectivity index (χ0v) is 12.4. The number of carbonyl (C=O) groups excluding carboxylic acids is 1. The second-order valence-electron chi connectivity index (χ2n) is 4.89. The lowest BCUT2D eigenvalue weighted by molar-refractivity contribution is -0.135. The maximum Gasteiger partial charge on any atom is 0.226 e. The summed E-state index contributed by atoms with van der Waals surface area (Å²) in [7, 11) is 1.82. The van der Waals surface area contributed by atoms with E-state index in [2.05, 4.69) is 12.2 Å². The molecule has 2 nitrogen and oxygen atoms in total. The van der Waals surface area contributed by atoms with Crippen LogP contribution < -0.4 is 0 Å². The number of nitrogens with zero attached hydrogens (tertiary/aromatic N) is 1. The molecular formula is C15H17Cl2NO. The van der Waals surface area contributed by atoms with Crippen LogP contribution in [-0.2, 0) is 11.3 Å². The Kier molecular flexibility index (Phi) is 4.89. The number of allylic oxidation sites excluding steroid dienone is 2. The summed E-state index contributed by atoms with van der Waals surface area (Å²) in [5, 5.41) is 1.06. The number of hydrogen-bond acceptors (Lipinski definition) is 1. The van der Waals surface area contributed by atoms with E-state index in [9.17, 15) is 4.79 Å². The lowest BCUT2D eigenvalue weighted by atomic mass is 9.93. The average molecular weight is 298 g/mol. The fourth-order valence-corrected chi connectivity index (χ4v) is 2.71. The highest BCUT2D eigenvalue weighted by molar-refractivity contribution is 6.42. The first kappa shape index (κ1) is 14.4. The van der Waals surface area contributed by atoms with Gasteiger partial charge in [-0.05, 0) is 30.9 Å². The van der Waals surface area contributed by atoms with Gasteiger partial charge in [-0.2, -0.15) is 0 Å². The highest BCUT2D eigenvalue weighted by Crippen LogP contribution is 2.27. The largest absolute Gasteiger partial charge is 0.341 e. The fourth-order valence-electron chi connectivity index (χ4n) is 2.33. The van der Waals surface area contributed by atoms with Crippen LogP contribution >= 0.6 is 23.2 Å². The van der Waals surface area contributed by atoms with E-state index < -0.39 is 0 Å². The van der Waals surface area contributed by atoms with Crippen LogP contribution in [0, 0.1) is 5.92 Å². The minimum Gasteiger partial charge on any atom is -0.341 e. The summed E-state index contributed by atoms with van der Waals surface area (Å²) in [5.41, 5.74) is 0.886. The number of halogens is 2. The summed E-state index contributed by atoms with van der Waals surface area (Å²) in [6, 6.07) is 5.51. The molecule has 102 valence electrons. The predicted octanol–water partition coefficient (Wildman–Crippen LogP) is 4.31. The smallest absolute Gasteiger partial charge is 0.226 e. The molecule has 1 aromatic rings. The minimum absolute atomic E-state index is 0.105. The first-order chi connectivity index (χ1) is 9.09. The van der Waals surface area contributed by atoms with E-state index >= 15 is 0 Å². The molecule has 1 aliphatic rings. The summed E-state index contributed by atoms with van der Waals surface area (Å²) in [5.74, 6) is 0.286. The lowest BCUT2D eigenvalue weighted by Crippen LogP contribution is -2.33. The molecule has 1 aliphatic carbocycles. The van der Waals surface area contributed by atoms with Crippen molar-refractivity contribution in [1.82, 2.24) is 4.90 Å². The summed E-state index contributed by atoms with van der Waals surface area (Å²) in [6.45, 7) is 0.498. The van der Waals surface area contributed by atoms with Crippen molar-refractivity contribution in [3.8, 4) is 0 Å². The van der Waals surface area contributed by atoms with Crippen molar-refractivity contribution in [3.05, 3.63) is 46.0 Å². The molecule has 0 saturated carbocycles. The molecule has 0 heterocycles. The summed E-state index contributed by atoms with van der Waals surface area (Å²) < 4.78 is 0. The average Bonchev–Trinajstić information content (AvgIpc) is 2.44. The van der Waals surface area contributed by atoms with Gasteiger partial charge in [-0.25, -0.2) is 0 Å². The number of hydrogen-bond donors (Lipinski definition) is 0. The van der Waals surface area contributed by atoms with E-state index in [1.54, 1.807) is 11.0 Å². The summed E-state index contributed by atoms with van der Waals surface area (Å²) >= 11 is 12.1. The van der Waals surface area contributed by atoms with Crippen LogP contribution in [0.25, 0.3) is 0 Å². The summed E-state index contributed by atoms with van der Waals surface area (Å²) in [4.78, 5) is 14.1. The van der Waals surface area contributed by atoms with Crippen LogP contribution in [0.3, 0.4) is 0 Å². The predicted molar refractivity (Wildman–Crippen MR) is 79.4 cm³/mol. The molecule has 4 heteroatoms. The van der Waals surface area contributed by atoms with Gasteiger partial charge in [-0.3, -0.25) is 4.79 Å². The van der Waals surface area contributed by atoms with Gasteiger partial charge in [0.05, 0.1) is 10.0 Å². The number of benzene rings is 1. The Bertz CT molecular complexity index is 499. The molecule has 0 bridgehead atoms. The maximum atomic E-state index is 12.3. The molecule has 0 aromatic heterocycles. The van der Waals surface area contributed by atoms with Gasteiger partial charge in [0.2, 0.25) is 5.91 Å². The van der Waals surface area contributed by atoms with Gasteiger partial charge in [0, 0.05) is 19.5 Å². The van der Waals surface area contributed by atoms with Crippen LogP contribution in [0.2, 0.25) is 10.0 Å². The first-order valence-corrected chi connectivity index (χ1v) is 7.18. The molecule has 0 spiro atoms. The third-order valence-electron chi connectivity index (χ3n) is 3.43. The van der Waals surface area contributed by atoms with E-state index in [0.29, 0.717) is 16.6 Å². The molecule has 1 atom stereocenters. The van der Waals surface area contributed by atoms with Gasteiger partial charge >= 0.3 is 0 Å². The van der Waals surface area contributed by atoms with E-state index in [0.717, 1.165) is 24.8 Å². The molecule has 0 radical (unpaired) electrons. The Hall–Kier alpha value is -0.990. The van der Waals surface area contributed by atoms with Gasteiger partial charge in [-0.15, -0.1) is 0 Å². The quantitative estimate of drug-likeness (QED) is 0.762. The van der Waals surface area contributed by atoms with Gasteiger partial charge in [0.1, 0.15) is 0 Å². The van der Waals surface area contributed by atoms with Crippen molar-refractivity contribution >= 4 is 29.1 Å². The Labute approximate surface area is 124 Å². The van der Waals surface area contributed by atoms with Crippen LogP contribution in [0.1, 0.15) is 24.8 Å². The number of rotatable bonds is 3. The minimum atomic E-state index is 0.105. The zero-order chi connectivity index (χ0) is 13.8. The van der Waals surface area contributed by atoms with Gasteiger partial charge in [0.15, 0.2) is 0 Å². The van der Waals surface area contributed by atoms with Crippen molar-refractivity contribution in [1.29, 1.82) is 0 Å². The second-order valence-corrected chi connectivity index (χ2v) is 5.67. The molecule has 0 unspecified atom stereocenters. The van der Waals surface area contributed by atoms with Crippen molar-refractivity contribution in [2.45, 2.75) is 25.8 Å². The van der Waals surface area contributed by atoms with Crippen LogP contribution in [-0.4, -0.2) is 17.9 Å². The van der Waals surface area contributed by atoms with E-state index in [-0.39, 0.29) is 11.8 Å². The van der Waals surface area contributed by atoms with Crippen molar-refractivity contribution in [2.75, 3.05) is 7.05 Å². The molecule has 0 saturated heterocycles. The Morgan fingerprint density at radius 1 is 1.37 bits per heavy atom. The highest BCUT2D eigenvalue weighted by Gasteiger charge is 2.22. The molecular weight excluding hydrogens is 281 g/mol. The monoisotopic (exact) mass is 297 g/mol. The topological polar surface area (TPSA) is 20.3 Å².